The summed E-state index contributed by atoms with van der Waals surface area (Å²) in [5, 5.41) is 3.29. The van der Waals surface area contributed by atoms with Crippen LogP contribution < -0.4 is 10.1 Å². The van der Waals surface area contributed by atoms with Crippen molar-refractivity contribution in [1.29, 1.82) is 0 Å². The van der Waals surface area contributed by atoms with Crippen LogP contribution in [-0.4, -0.2) is 31.9 Å². The van der Waals surface area contributed by atoms with E-state index in [-0.39, 0.29) is 11.9 Å². The molecule has 1 aromatic carbocycles. The maximum absolute atomic E-state index is 13.4. The Bertz CT molecular complexity index is 367. The number of ether oxygens (including phenoxy) is 2. The first-order valence-corrected chi connectivity index (χ1v) is 6.49. The van der Waals surface area contributed by atoms with E-state index in [4.69, 9.17) is 9.47 Å². The van der Waals surface area contributed by atoms with Crippen LogP contribution in [0.1, 0.15) is 19.8 Å². The van der Waals surface area contributed by atoms with Crippen molar-refractivity contribution in [2.45, 2.75) is 32.0 Å². The van der Waals surface area contributed by atoms with Gasteiger partial charge in [0, 0.05) is 19.7 Å². The third-order valence-corrected chi connectivity index (χ3v) is 2.99. The van der Waals surface area contributed by atoms with Crippen molar-refractivity contribution in [2.24, 2.45) is 0 Å². The molecule has 2 rings (SSSR count). The first kappa shape index (κ1) is 13.3. The summed E-state index contributed by atoms with van der Waals surface area (Å²) in [6.45, 7) is 4.32. The minimum atomic E-state index is -0.316. The summed E-state index contributed by atoms with van der Waals surface area (Å²) >= 11 is 0. The SMILES string of the molecule is CC(CNCC1CCCO1)Oc1ccccc1F. The second-order valence-corrected chi connectivity index (χ2v) is 4.65. The average molecular weight is 253 g/mol. The summed E-state index contributed by atoms with van der Waals surface area (Å²) < 4.78 is 24.4. The van der Waals surface area contributed by atoms with Crippen molar-refractivity contribution < 1.29 is 13.9 Å². The molecular formula is C14H20FNO2. The van der Waals surface area contributed by atoms with E-state index in [0.29, 0.717) is 18.4 Å². The Morgan fingerprint density at radius 1 is 1.50 bits per heavy atom. The van der Waals surface area contributed by atoms with E-state index in [1.807, 2.05) is 6.92 Å². The molecule has 1 fully saturated rings. The van der Waals surface area contributed by atoms with Crippen LogP contribution in [0, 0.1) is 5.82 Å². The Hall–Kier alpha value is -1.13. The highest BCUT2D eigenvalue weighted by atomic mass is 19.1. The molecule has 2 unspecified atom stereocenters. The van der Waals surface area contributed by atoms with Crippen LogP contribution in [0.25, 0.3) is 0 Å². The quantitative estimate of drug-likeness (QED) is 0.844. The van der Waals surface area contributed by atoms with E-state index in [9.17, 15) is 4.39 Å². The van der Waals surface area contributed by atoms with Gasteiger partial charge in [0.25, 0.3) is 0 Å². The van der Waals surface area contributed by atoms with Crippen molar-refractivity contribution in [3.8, 4) is 5.75 Å². The molecule has 0 aliphatic carbocycles. The van der Waals surface area contributed by atoms with Crippen LogP contribution in [0.3, 0.4) is 0 Å². The molecule has 2 atom stereocenters. The number of halogens is 1. The fourth-order valence-electron chi connectivity index (χ4n) is 2.05. The fraction of sp³-hybridized carbons (Fsp3) is 0.571. The van der Waals surface area contributed by atoms with Crippen LogP contribution in [0.15, 0.2) is 24.3 Å². The van der Waals surface area contributed by atoms with Crippen LogP contribution in [0.5, 0.6) is 5.75 Å². The third kappa shape index (κ3) is 3.96. The van der Waals surface area contributed by atoms with Gasteiger partial charge in [-0.15, -0.1) is 0 Å². The molecule has 1 heterocycles. The van der Waals surface area contributed by atoms with E-state index in [0.717, 1.165) is 26.0 Å². The van der Waals surface area contributed by atoms with E-state index in [2.05, 4.69) is 5.32 Å². The minimum Gasteiger partial charge on any atom is -0.486 e. The smallest absolute Gasteiger partial charge is 0.165 e. The Balaban J connectivity index is 1.68. The summed E-state index contributed by atoms with van der Waals surface area (Å²) in [4.78, 5) is 0. The van der Waals surface area contributed by atoms with Gasteiger partial charge in [-0.3, -0.25) is 0 Å². The van der Waals surface area contributed by atoms with E-state index in [1.165, 1.54) is 6.07 Å². The normalized spacial score (nSPS) is 20.9. The van der Waals surface area contributed by atoms with Gasteiger partial charge in [-0.2, -0.15) is 0 Å². The molecule has 1 N–H and O–H groups in total. The molecule has 0 bridgehead atoms. The van der Waals surface area contributed by atoms with Gasteiger partial charge in [0.05, 0.1) is 6.10 Å². The van der Waals surface area contributed by atoms with E-state index in [1.54, 1.807) is 18.2 Å². The number of hydrogen-bond donors (Lipinski definition) is 1. The molecule has 1 aromatic rings. The molecule has 1 aliphatic rings. The summed E-state index contributed by atoms with van der Waals surface area (Å²) in [6.07, 6.45) is 2.53. The van der Waals surface area contributed by atoms with Gasteiger partial charge in [-0.25, -0.2) is 4.39 Å². The minimum absolute atomic E-state index is 0.0664. The lowest BCUT2D eigenvalue weighted by molar-refractivity contribution is 0.106. The monoisotopic (exact) mass is 253 g/mol. The lowest BCUT2D eigenvalue weighted by Gasteiger charge is -2.17. The van der Waals surface area contributed by atoms with Crippen molar-refractivity contribution in [3.05, 3.63) is 30.1 Å². The lowest BCUT2D eigenvalue weighted by Crippen LogP contribution is -2.34. The van der Waals surface area contributed by atoms with Crippen LogP contribution in [0.4, 0.5) is 4.39 Å². The van der Waals surface area contributed by atoms with Gasteiger partial charge in [0.1, 0.15) is 6.10 Å². The largest absolute Gasteiger partial charge is 0.486 e. The van der Waals surface area contributed by atoms with E-state index >= 15 is 0 Å². The number of rotatable bonds is 6. The highest BCUT2D eigenvalue weighted by Gasteiger charge is 2.15. The Morgan fingerprint density at radius 3 is 3.06 bits per heavy atom. The molecule has 0 spiro atoms. The standard InChI is InChI=1S/C14H20FNO2/c1-11(9-16-10-12-5-4-8-17-12)18-14-7-3-2-6-13(14)15/h2-3,6-7,11-12,16H,4-5,8-10H2,1H3. The van der Waals surface area contributed by atoms with Crippen molar-refractivity contribution in [2.75, 3.05) is 19.7 Å². The molecule has 0 amide bonds. The van der Waals surface area contributed by atoms with Gasteiger partial charge < -0.3 is 14.8 Å². The molecule has 3 nitrogen and oxygen atoms in total. The summed E-state index contributed by atoms with van der Waals surface area (Å²) in [5.41, 5.74) is 0. The van der Waals surface area contributed by atoms with Crippen LogP contribution in [-0.2, 0) is 4.74 Å². The topological polar surface area (TPSA) is 30.5 Å². The molecule has 0 aromatic heterocycles. The second-order valence-electron chi connectivity index (χ2n) is 4.65. The predicted molar refractivity (Wildman–Crippen MR) is 68.3 cm³/mol. The Morgan fingerprint density at radius 2 is 2.33 bits per heavy atom. The molecule has 0 radical (unpaired) electrons. The zero-order valence-corrected chi connectivity index (χ0v) is 10.7. The van der Waals surface area contributed by atoms with Gasteiger partial charge in [-0.1, -0.05) is 12.1 Å². The molecule has 4 heteroatoms. The van der Waals surface area contributed by atoms with Crippen LogP contribution >= 0.6 is 0 Å². The molecular weight excluding hydrogens is 233 g/mol. The fourth-order valence-corrected chi connectivity index (χ4v) is 2.05. The number of benzene rings is 1. The van der Waals surface area contributed by atoms with Gasteiger partial charge in [-0.05, 0) is 31.9 Å². The molecule has 1 saturated heterocycles. The van der Waals surface area contributed by atoms with Crippen molar-refractivity contribution in [1.82, 2.24) is 5.32 Å². The Labute approximate surface area is 107 Å². The predicted octanol–water partition coefficient (Wildman–Crippen LogP) is 2.36. The molecule has 1 aliphatic heterocycles. The average Bonchev–Trinajstić information content (AvgIpc) is 2.85. The van der Waals surface area contributed by atoms with E-state index < -0.39 is 0 Å². The van der Waals surface area contributed by atoms with Crippen molar-refractivity contribution >= 4 is 0 Å². The first-order chi connectivity index (χ1) is 8.75. The highest BCUT2D eigenvalue weighted by molar-refractivity contribution is 5.23. The lowest BCUT2D eigenvalue weighted by atomic mass is 10.2. The number of nitrogens with one attached hydrogen (secondary N) is 1. The van der Waals surface area contributed by atoms with Gasteiger partial charge >= 0.3 is 0 Å². The summed E-state index contributed by atoms with van der Waals surface area (Å²) in [6, 6.07) is 6.47. The highest BCUT2D eigenvalue weighted by Crippen LogP contribution is 2.16. The summed E-state index contributed by atoms with van der Waals surface area (Å²) in [5.74, 6) is -0.00704. The number of hydrogen-bond acceptors (Lipinski definition) is 3. The van der Waals surface area contributed by atoms with Gasteiger partial charge in [0.15, 0.2) is 11.6 Å². The zero-order chi connectivity index (χ0) is 12.8. The van der Waals surface area contributed by atoms with Gasteiger partial charge in [0.2, 0.25) is 0 Å². The third-order valence-electron chi connectivity index (χ3n) is 2.99. The Kier molecular flexibility index (Phi) is 4.96. The summed E-state index contributed by atoms with van der Waals surface area (Å²) in [7, 11) is 0. The first-order valence-electron chi connectivity index (χ1n) is 6.49. The van der Waals surface area contributed by atoms with Crippen molar-refractivity contribution in [3.63, 3.8) is 0 Å². The zero-order valence-electron chi connectivity index (χ0n) is 10.7. The molecule has 0 saturated carbocycles. The van der Waals surface area contributed by atoms with Crippen LogP contribution in [0.2, 0.25) is 0 Å². The molecule has 100 valence electrons. The number of para-hydroxylation sites is 1. The maximum atomic E-state index is 13.4. The molecule has 18 heavy (non-hydrogen) atoms. The second kappa shape index (κ2) is 6.71. The maximum Gasteiger partial charge on any atom is 0.165 e.